The van der Waals surface area contributed by atoms with Crippen LogP contribution in [0.15, 0.2) is 35.2 Å². The predicted octanol–water partition coefficient (Wildman–Crippen LogP) is 7.89. The molecule has 1 N–H and O–H groups in total. The van der Waals surface area contributed by atoms with Gasteiger partial charge in [0.1, 0.15) is 0 Å². The number of rotatable bonds is 18. The van der Waals surface area contributed by atoms with E-state index in [-0.39, 0.29) is 4.90 Å². The van der Waals surface area contributed by atoms with E-state index in [2.05, 4.69) is 28.1 Å². The van der Waals surface area contributed by atoms with Crippen molar-refractivity contribution in [2.45, 2.75) is 115 Å². The average molecular weight is 471 g/mol. The highest BCUT2D eigenvalue weighted by Gasteiger charge is 2.06. The van der Waals surface area contributed by atoms with Crippen LogP contribution in [0, 0.1) is 0 Å². The van der Waals surface area contributed by atoms with E-state index in [0.29, 0.717) is 0 Å². The summed E-state index contributed by atoms with van der Waals surface area (Å²) in [7, 11) is 2.89. The number of benzene rings is 1. The van der Waals surface area contributed by atoms with Gasteiger partial charge in [0.15, 0.2) is 0 Å². The molecule has 0 fully saturated rings. The molecular weight excluding hydrogens is 418 g/mol. The lowest BCUT2D eigenvalue weighted by atomic mass is 10.0. The van der Waals surface area contributed by atoms with Gasteiger partial charge in [-0.3, -0.25) is 4.55 Å². The molecule has 1 aromatic rings. The first-order valence-corrected chi connectivity index (χ1v) is 14.4. The van der Waals surface area contributed by atoms with Gasteiger partial charge in [0.05, 0.1) is 32.6 Å². The Morgan fingerprint density at radius 1 is 0.625 bits per heavy atom. The normalized spacial score (nSPS) is 11.8. The quantitative estimate of drug-likeness (QED) is 0.135. The third-order valence-electron chi connectivity index (χ3n) is 5.72. The van der Waals surface area contributed by atoms with Crippen LogP contribution in [0.5, 0.6) is 0 Å². The molecule has 0 heterocycles. The monoisotopic (exact) mass is 470 g/mol. The molecule has 0 radical (unpaired) electrons. The van der Waals surface area contributed by atoms with Gasteiger partial charge in [-0.05, 0) is 25.0 Å². The van der Waals surface area contributed by atoms with E-state index >= 15 is 0 Å². The highest BCUT2D eigenvalue weighted by atomic mass is 32.2. The van der Waals surface area contributed by atoms with E-state index < -0.39 is 10.1 Å². The van der Waals surface area contributed by atoms with Crippen molar-refractivity contribution in [2.24, 2.45) is 0 Å². The summed E-state index contributed by atoms with van der Waals surface area (Å²) in [6.07, 6.45) is 23.4. The molecule has 0 aliphatic heterocycles. The SMILES string of the molecule is CCCCCCCCCCCCCCCCCC[N+](C)(C)C.O=S(=O)(O)c1ccccc1. The Labute approximate surface area is 200 Å². The number of nitrogens with zero attached hydrogens (tertiary/aromatic N) is 1. The van der Waals surface area contributed by atoms with Crippen LogP contribution < -0.4 is 0 Å². The molecule has 0 spiro atoms. The minimum Gasteiger partial charge on any atom is -0.331 e. The fourth-order valence-corrected chi connectivity index (χ4v) is 4.23. The number of unbranched alkanes of at least 4 members (excludes halogenated alkanes) is 15. The number of quaternary nitrogens is 1. The maximum absolute atomic E-state index is 10.4. The van der Waals surface area contributed by atoms with Crippen molar-refractivity contribution >= 4 is 10.1 Å². The molecule has 1 rings (SSSR count). The summed E-state index contributed by atoms with van der Waals surface area (Å²) in [5, 5.41) is 0. The molecule has 1 aromatic carbocycles. The summed E-state index contributed by atoms with van der Waals surface area (Å²) in [5.41, 5.74) is 0. The molecule has 0 unspecified atom stereocenters. The molecule has 0 amide bonds. The summed E-state index contributed by atoms with van der Waals surface area (Å²) >= 11 is 0. The van der Waals surface area contributed by atoms with Crippen molar-refractivity contribution in [3.8, 4) is 0 Å². The highest BCUT2D eigenvalue weighted by Crippen LogP contribution is 2.14. The lowest BCUT2D eigenvalue weighted by molar-refractivity contribution is -0.870. The first-order valence-electron chi connectivity index (χ1n) is 13.0. The van der Waals surface area contributed by atoms with Crippen LogP contribution >= 0.6 is 0 Å². The molecule has 5 heteroatoms. The lowest BCUT2D eigenvalue weighted by Gasteiger charge is -2.23. The topological polar surface area (TPSA) is 54.4 Å². The zero-order valence-corrected chi connectivity index (χ0v) is 22.3. The van der Waals surface area contributed by atoms with E-state index in [1.54, 1.807) is 18.2 Å². The first kappa shape index (κ1) is 31.1. The van der Waals surface area contributed by atoms with Crippen LogP contribution in [-0.2, 0) is 10.1 Å². The summed E-state index contributed by atoms with van der Waals surface area (Å²) in [5.74, 6) is 0. The lowest BCUT2D eigenvalue weighted by Crippen LogP contribution is -2.35. The van der Waals surface area contributed by atoms with Crippen LogP contribution in [0.4, 0.5) is 0 Å². The van der Waals surface area contributed by atoms with E-state index in [1.807, 2.05) is 0 Å². The Bertz CT molecular complexity index is 624. The molecule has 0 atom stereocenters. The predicted molar refractivity (Wildman–Crippen MR) is 139 cm³/mol. The van der Waals surface area contributed by atoms with Crippen LogP contribution in [-0.4, -0.2) is 45.1 Å². The Morgan fingerprint density at radius 2 is 0.969 bits per heavy atom. The molecule has 0 aromatic heterocycles. The van der Waals surface area contributed by atoms with Gasteiger partial charge in [-0.15, -0.1) is 0 Å². The third kappa shape index (κ3) is 22.3. The van der Waals surface area contributed by atoms with Crippen molar-refractivity contribution in [1.29, 1.82) is 0 Å². The van der Waals surface area contributed by atoms with Crippen LogP contribution in [0.25, 0.3) is 0 Å². The Balaban J connectivity index is 0.000000792. The van der Waals surface area contributed by atoms with Gasteiger partial charge in [0, 0.05) is 0 Å². The van der Waals surface area contributed by atoms with Gasteiger partial charge in [-0.2, -0.15) is 8.42 Å². The van der Waals surface area contributed by atoms with E-state index in [4.69, 9.17) is 4.55 Å². The molecule has 4 nitrogen and oxygen atoms in total. The third-order valence-corrected chi connectivity index (χ3v) is 6.59. The fraction of sp³-hybridized carbons (Fsp3) is 0.778. The van der Waals surface area contributed by atoms with Gasteiger partial charge >= 0.3 is 0 Å². The van der Waals surface area contributed by atoms with Crippen molar-refractivity contribution in [3.63, 3.8) is 0 Å². The van der Waals surface area contributed by atoms with E-state index in [1.165, 1.54) is 121 Å². The number of hydrogen-bond acceptors (Lipinski definition) is 2. The summed E-state index contributed by atoms with van der Waals surface area (Å²) in [6, 6.07) is 7.42. The highest BCUT2D eigenvalue weighted by molar-refractivity contribution is 7.85. The second-order valence-electron chi connectivity index (χ2n) is 10.1. The molecule has 32 heavy (non-hydrogen) atoms. The second kappa shape index (κ2) is 19.5. The van der Waals surface area contributed by atoms with Gasteiger partial charge in [-0.1, -0.05) is 115 Å². The van der Waals surface area contributed by atoms with Gasteiger partial charge in [0.2, 0.25) is 0 Å². The molecule has 0 bridgehead atoms. The van der Waals surface area contributed by atoms with E-state index in [9.17, 15) is 8.42 Å². The molecule has 188 valence electrons. The molecule has 0 aliphatic rings. The maximum atomic E-state index is 10.4. The smallest absolute Gasteiger partial charge is 0.294 e. The molecule has 0 saturated heterocycles. The largest absolute Gasteiger partial charge is 0.331 e. The number of hydrogen-bond donors (Lipinski definition) is 1. The maximum Gasteiger partial charge on any atom is 0.294 e. The van der Waals surface area contributed by atoms with Crippen molar-refractivity contribution in [1.82, 2.24) is 0 Å². The standard InChI is InChI=1S/C21H46N.C6H6O3S/c1-5-6-7-8-9-10-11-12-13-14-15-16-17-18-19-20-21-22(2,3)4;7-10(8,9)6-4-2-1-3-5-6/h5-21H2,1-4H3;1-5H,(H,7,8,9)/q+1;. The summed E-state index contributed by atoms with van der Waals surface area (Å²) in [6.45, 7) is 3.63. The minimum absolute atomic E-state index is 0.0741. The van der Waals surface area contributed by atoms with E-state index in [0.717, 1.165) is 4.48 Å². The Kier molecular flexibility index (Phi) is 19.0. The molecule has 0 aliphatic carbocycles. The van der Waals surface area contributed by atoms with Gasteiger partial charge in [0.25, 0.3) is 10.1 Å². The molecular formula is C27H52NO3S+. The van der Waals surface area contributed by atoms with Crippen LogP contribution in [0.3, 0.4) is 0 Å². The Morgan fingerprint density at radius 3 is 1.25 bits per heavy atom. The van der Waals surface area contributed by atoms with Crippen LogP contribution in [0.2, 0.25) is 0 Å². The van der Waals surface area contributed by atoms with Crippen molar-refractivity contribution < 1.29 is 17.5 Å². The first-order chi connectivity index (χ1) is 15.2. The van der Waals surface area contributed by atoms with Crippen LogP contribution in [0.1, 0.15) is 110 Å². The van der Waals surface area contributed by atoms with Crippen molar-refractivity contribution in [2.75, 3.05) is 27.7 Å². The fourth-order valence-electron chi connectivity index (χ4n) is 3.73. The summed E-state index contributed by atoms with van der Waals surface area (Å²) in [4.78, 5) is -0.0741. The molecule has 0 saturated carbocycles. The summed E-state index contributed by atoms with van der Waals surface area (Å²) < 4.78 is 30.4. The zero-order chi connectivity index (χ0) is 24.1. The zero-order valence-electron chi connectivity index (χ0n) is 21.5. The Hall–Kier alpha value is -0.910. The van der Waals surface area contributed by atoms with Gasteiger partial charge < -0.3 is 4.48 Å². The average Bonchev–Trinajstić information content (AvgIpc) is 2.73. The second-order valence-corrected chi connectivity index (χ2v) is 11.5. The minimum atomic E-state index is -4.00. The van der Waals surface area contributed by atoms with Crippen molar-refractivity contribution in [3.05, 3.63) is 30.3 Å². The van der Waals surface area contributed by atoms with Gasteiger partial charge in [-0.25, -0.2) is 0 Å².